The molecule has 6 rings (SSSR count). The van der Waals surface area contributed by atoms with E-state index in [2.05, 4.69) is 205 Å². The van der Waals surface area contributed by atoms with Gasteiger partial charge >= 0.3 is 21.7 Å². The SMILES string of the molecule is CC(C)c1cccc(C(C)C)c1-n1ccn(-c2c(C(C)C)cccc2C(C)C)c1=[N-].CN=c1n(-c2c(C(C)C)cccc2C(C)C)ccn1-c1c(C(C)C)cccc1C(C)C.[CH3-].[CH3-].[CH3-].[Ti+4]. The summed E-state index contributed by atoms with van der Waals surface area (Å²) >= 11 is 0. The first kappa shape index (κ1) is 58.6. The smallest absolute Gasteiger partial charge is 0.374 e. The van der Waals surface area contributed by atoms with Gasteiger partial charge in [0.2, 0.25) is 5.62 Å². The summed E-state index contributed by atoms with van der Waals surface area (Å²) in [6.07, 6.45) is 8.39. The summed E-state index contributed by atoms with van der Waals surface area (Å²) in [5, 5.41) is 11.5. The number of imidazole rings is 2. The van der Waals surface area contributed by atoms with Gasteiger partial charge in [0, 0.05) is 25.1 Å². The molecule has 65 heavy (non-hydrogen) atoms. The maximum Gasteiger partial charge on any atom is 4.00 e. The minimum absolute atomic E-state index is 0. The predicted molar refractivity (Wildman–Crippen MR) is 280 cm³/mol. The summed E-state index contributed by atoms with van der Waals surface area (Å²) < 4.78 is 8.52. The van der Waals surface area contributed by atoms with E-state index in [0.29, 0.717) is 47.3 Å². The van der Waals surface area contributed by atoms with E-state index in [9.17, 15) is 5.41 Å². The summed E-state index contributed by atoms with van der Waals surface area (Å²) in [5.41, 5.74) is 16.4. The van der Waals surface area contributed by atoms with Gasteiger partial charge in [-0.1, -0.05) is 184 Å². The molecular formula is C58H84N6Ti. The van der Waals surface area contributed by atoms with Crippen molar-refractivity contribution in [2.24, 2.45) is 4.99 Å². The molecule has 7 heteroatoms. The van der Waals surface area contributed by atoms with Crippen molar-refractivity contribution in [3.05, 3.63) is 181 Å². The molecule has 0 saturated carbocycles. The van der Waals surface area contributed by atoms with E-state index < -0.39 is 0 Å². The Morgan fingerprint density at radius 1 is 0.338 bits per heavy atom. The molecule has 2 aromatic heterocycles. The molecule has 6 nitrogen and oxygen atoms in total. The van der Waals surface area contributed by atoms with Gasteiger partial charge in [-0.25, -0.2) is 0 Å². The maximum atomic E-state index is 11.5. The van der Waals surface area contributed by atoms with Crippen LogP contribution in [0.5, 0.6) is 0 Å². The molecule has 0 N–H and O–H groups in total. The Kier molecular flexibility index (Phi) is 22.5. The number of benzene rings is 4. The zero-order chi connectivity index (χ0) is 45.0. The number of rotatable bonds is 12. The van der Waals surface area contributed by atoms with E-state index in [1.807, 2.05) is 28.6 Å². The fraction of sp³-hybridized carbons (Fsp3) is 0.431. The van der Waals surface area contributed by atoms with Crippen LogP contribution in [0.2, 0.25) is 0 Å². The number of para-hydroxylation sites is 4. The fourth-order valence-corrected chi connectivity index (χ4v) is 8.84. The summed E-state index contributed by atoms with van der Waals surface area (Å²) in [6.45, 7) is 35.9. The van der Waals surface area contributed by atoms with Crippen LogP contribution in [0, 0.1) is 22.3 Å². The van der Waals surface area contributed by atoms with Crippen LogP contribution < -0.4 is 11.2 Å². The molecule has 0 aliphatic carbocycles. The van der Waals surface area contributed by atoms with Crippen LogP contribution in [0.3, 0.4) is 0 Å². The first-order valence-electron chi connectivity index (χ1n) is 22.9. The zero-order valence-corrected chi connectivity index (χ0v) is 45.6. The summed E-state index contributed by atoms with van der Waals surface area (Å²) in [5.74, 6) is 3.19. The minimum Gasteiger partial charge on any atom is -0.374 e. The van der Waals surface area contributed by atoms with Gasteiger partial charge in [0.25, 0.3) is 0 Å². The number of hydrogen-bond donors (Lipinski definition) is 0. The Balaban J connectivity index is 0.000000613. The maximum absolute atomic E-state index is 11.5. The first-order chi connectivity index (χ1) is 28.8. The van der Waals surface area contributed by atoms with Crippen molar-refractivity contribution in [3.8, 4) is 22.7 Å². The molecule has 0 radical (unpaired) electrons. The van der Waals surface area contributed by atoms with Gasteiger partial charge in [-0.2, -0.15) is 0 Å². The van der Waals surface area contributed by atoms with E-state index in [-0.39, 0.29) is 49.6 Å². The molecule has 0 saturated heterocycles. The van der Waals surface area contributed by atoms with Crippen LogP contribution in [0.15, 0.2) is 103 Å². The van der Waals surface area contributed by atoms with Crippen LogP contribution in [0.1, 0.15) is 203 Å². The van der Waals surface area contributed by atoms with Gasteiger partial charge < -0.3 is 36.8 Å². The topological polar surface area (TPSA) is 54.4 Å². The van der Waals surface area contributed by atoms with E-state index in [4.69, 9.17) is 4.99 Å². The van der Waals surface area contributed by atoms with Crippen LogP contribution in [0.4, 0.5) is 0 Å². The van der Waals surface area contributed by atoms with E-state index in [1.54, 1.807) is 0 Å². The Bertz CT molecular complexity index is 2270. The second-order valence-corrected chi connectivity index (χ2v) is 19.3. The standard InChI is InChI=1S/C28H39N3.C27H36N3.3CH3.Ti/c1-18(2)22-12-10-13-23(19(3)4)26(22)30-16-17-31(28(30)29-9)27-24(20(5)6)14-11-15-25(27)21(7)8;1-17(2)21-11-9-12-22(18(3)4)25(21)29-15-16-30(27(29)28)26-23(19(5)6)13-10-14-24(26)20(7)8;;;;/h10-21H,1-9H3;9-20H,1-8H3;3*1H3;/q;4*-1;+4. The molecule has 0 aliphatic heterocycles. The van der Waals surface area contributed by atoms with Gasteiger partial charge in [0.15, 0.2) is 0 Å². The average Bonchev–Trinajstić information content (AvgIpc) is 3.82. The monoisotopic (exact) mass is 913 g/mol. The quantitative estimate of drug-likeness (QED) is 0.0868. The normalized spacial score (nSPS) is 11.2. The third-order valence-electron chi connectivity index (χ3n) is 12.1. The Morgan fingerprint density at radius 2 is 0.508 bits per heavy atom. The molecule has 6 aromatic rings. The molecule has 0 fully saturated rings. The molecule has 2 heterocycles. The predicted octanol–water partition coefficient (Wildman–Crippen LogP) is 15.9. The minimum atomic E-state index is 0. The Morgan fingerprint density at radius 3 is 0.677 bits per heavy atom. The Labute approximate surface area is 411 Å². The van der Waals surface area contributed by atoms with Crippen LogP contribution in [-0.4, -0.2) is 25.3 Å². The molecule has 0 amide bonds. The third kappa shape index (κ3) is 12.2. The fourth-order valence-electron chi connectivity index (χ4n) is 8.84. The van der Waals surface area contributed by atoms with Crippen molar-refractivity contribution in [3.63, 3.8) is 0 Å². The molecule has 0 spiro atoms. The number of aromatic nitrogens is 4. The second kappa shape index (κ2) is 24.9. The van der Waals surface area contributed by atoms with Gasteiger partial charge in [0.1, 0.15) is 0 Å². The molecular weight excluding hydrogens is 829 g/mol. The van der Waals surface area contributed by atoms with E-state index in [1.165, 1.54) is 55.9 Å². The second-order valence-electron chi connectivity index (χ2n) is 19.3. The van der Waals surface area contributed by atoms with Gasteiger partial charge in [-0.3, -0.25) is 14.1 Å². The zero-order valence-electron chi connectivity index (χ0n) is 44.0. The van der Waals surface area contributed by atoms with Crippen LogP contribution >= 0.6 is 0 Å². The van der Waals surface area contributed by atoms with E-state index in [0.717, 1.165) is 17.0 Å². The van der Waals surface area contributed by atoms with Crippen molar-refractivity contribution >= 4 is 0 Å². The van der Waals surface area contributed by atoms with Gasteiger partial charge in [-0.15, -0.1) is 0 Å². The van der Waals surface area contributed by atoms with Gasteiger partial charge in [-0.05, 0) is 116 Å². The van der Waals surface area contributed by atoms with Crippen molar-refractivity contribution in [1.82, 2.24) is 18.3 Å². The summed E-state index contributed by atoms with van der Waals surface area (Å²) in [6, 6.07) is 26.4. The molecule has 350 valence electrons. The largest absolute Gasteiger partial charge is 4.00 e. The molecule has 0 unspecified atom stereocenters. The molecule has 4 aromatic carbocycles. The van der Waals surface area contributed by atoms with Crippen LogP contribution in [-0.2, 0) is 21.7 Å². The molecule has 0 atom stereocenters. The number of hydrogen-bond acceptors (Lipinski definition) is 1. The van der Waals surface area contributed by atoms with Gasteiger partial charge in [0.05, 0.1) is 11.4 Å². The first-order valence-corrected chi connectivity index (χ1v) is 22.9. The van der Waals surface area contributed by atoms with Crippen molar-refractivity contribution in [2.75, 3.05) is 7.05 Å². The average molecular weight is 913 g/mol. The summed E-state index contributed by atoms with van der Waals surface area (Å²) in [7, 11) is 1.91. The molecule has 0 aliphatic rings. The molecule has 0 bridgehead atoms. The summed E-state index contributed by atoms with van der Waals surface area (Å²) in [4.78, 5) is 4.81. The van der Waals surface area contributed by atoms with E-state index >= 15 is 0 Å². The third-order valence-corrected chi connectivity index (χ3v) is 12.1. The van der Waals surface area contributed by atoms with Crippen molar-refractivity contribution in [2.45, 2.75) is 158 Å². The number of nitrogens with zero attached hydrogens (tertiary/aromatic N) is 6. The van der Waals surface area contributed by atoms with Crippen molar-refractivity contribution < 1.29 is 21.7 Å². The van der Waals surface area contributed by atoms with Crippen molar-refractivity contribution in [1.29, 1.82) is 0 Å². The Hall–Kier alpha value is -4.39. The van der Waals surface area contributed by atoms with Crippen LogP contribution in [0.25, 0.3) is 28.2 Å².